The lowest BCUT2D eigenvalue weighted by Crippen LogP contribution is -2.59. The molecule has 0 aliphatic carbocycles. The molecule has 0 rings (SSSR count). The van der Waals surface area contributed by atoms with Crippen molar-refractivity contribution < 1.29 is 45.4 Å². The fourth-order valence-corrected chi connectivity index (χ4v) is 1.01. The summed E-state index contributed by atoms with van der Waals surface area (Å²) in [7, 11) is 0. The number of aliphatic carboxylic acids is 1. The van der Waals surface area contributed by atoms with Crippen LogP contribution in [0.25, 0.3) is 0 Å². The molecule has 18 heavy (non-hydrogen) atoms. The number of hydrogen-bond acceptors (Lipinski definition) is 3. The Labute approximate surface area is 95.6 Å². The van der Waals surface area contributed by atoms with Crippen molar-refractivity contribution in [1.29, 1.82) is 0 Å². The normalized spacial score (nSPS) is 15.3. The number of halogens is 7. The summed E-state index contributed by atoms with van der Waals surface area (Å²) in [6.07, 6.45) is -7.58. The van der Waals surface area contributed by atoms with Crippen LogP contribution in [0, 0.1) is 5.92 Å². The SMILES string of the molecule is CCC(C(=O)[O-])C(=O)C(F)(F)C(F)(F)C(F)(F)F. The fraction of sp³-hybridized carbons (Fsp3) is 0.750. The lowest BCUT2D eigenvalue weighted by Gasteiger charge is -2.29. The summed E-state index contributed by atoms with van der Waals surface area (Å²) in [5.74, 6) is -21.0. The van der Waals surface area contributed by atoms with Gasteiger partial charge in [-0.15, -0.1) is 0 Å². The van der Waals surface area contributed by atoms with Crippen molar-refractivity contribution in [3.8, 4) is 0 Å². The quantitative estimate of drug-likeness (QED) is 0.562. The minimum Gasteiger partial charge on any atom is -0.549 e. The van der Waals surface area contributed by atoms with Crippen molar-refractivity contribution >= 4 is 11.8 Å². The summed E-state index contributed by atoms with van der Waals surface area (Å²) < 4.78 is 85.5. The van der Waals surface area contributed by atoms with Crippen LogP contribution in [-0.4, -0.2) is 29.8 Å². The van der Waals surface area contributed by atoms with Crippen molar-refractivity contribution in [3.05, 3.63) is 0 Å². The maximum Gasteiger partial charge on any atom is 0.460 e. The highest BCUT2D eigenvalue weighted by Gasteiger charge is 2.76. The topological polar surface area (TPSA) is 57.2 Å². The Kier molecular flexibility index (Phi) is 4.37. The van der Waals surface area contributed by atoms with E-state index >= 15 is 0 Å². The van der Waals surface area contributed by atoms with Gasteiger partial charge in [-0.05, 0) is 6.42 Å². The van der Waals surface area contributed by atoms with E-state index in [4.69, 9.17) is 0 Å². The van der Waals surface area contributed by atoms with Crippen LogP contribution in [0.15, 0.2) is 0 Å². The van der Waals surface area contributed by atoms with Gasteiger partial charge < -0.3 is 9.90 Å². The van der Waals surface area contributed by atoms with Gasteiger partial charge in [0.1, 0.15) is 0 Å². The molecule has 0 saturated carbocycles. The molecule has 0 aliphatic heterocycles. The number of carbonyl (C=O) groups is 2. The second-order valence-electron chi connectivity index (χ2n) is 3.29. The van der Waals surface area contributed by atoms with Gasteiger partial charge in [-0.25, -0.2) is 0 Å². The maximum atomic E-state index is 12.8. The predicted octanol–water partition coefficient (Wildman–Crippen LogP) is 1.16. The van der Waals surface area contributed by atoms with E-state index in [1.54, 1.807) is 0 Å². The summed E-state index contributed by atoms with van der Waals surface area (Å²) in [6, 6.07) is 0. The molecule has 10 heteroatoms. The Morgan fingerprint density at radius 2 is 1.44 bits per heavy atom. The highest BCUT2D eigenvalue weighted by molar-refractivity contribution is 6.01. The Bertz CT molecular complexity index is 347. The third kappa shape index (κ3) is 2.56. The Morgan fingerprint density at radius 1 is 1.06 bits per heavy atom. The van der Waals surface area contributed by atoms with E-state index < -0.39 is 42.1 Å². The smallest absolute Gasteiger partial charge is 0.460 e. The van der Waals surface area contributed by atoms with Gasteiger partial charge in [0.15, 0.2) is 0 Å². The largest absolute Gasteiger partial charge is 0.549 e. The number of ketones is 1. The van der Waals surface area contributed by atoms with E-state index in [0.29, 0.717) is 0 Å². The molecule has 0 saturated heterocycles. The van der Waals surface area contributed by atoms with Crippen LogP contribution in [0.1, 0.15) is 13.3 Å². The molecule has 0 aliphatic rings. The summed E-state index contributed by atoms with van der Waals surface area (Å²) in [4.78, 5) is 21.0. The first-order valence-electron chi connectivity index (χ1n) is 4.38. The average Bonchev–Trinajstić information content (AvgIpc) is 2.15. The molecule has 3 nitrogen and oxygen atoms in total. The first kappa shape index (κ1) is 16.6. The first-order chi connectivity index (χ1) is 7.80. The van der Waals surface area contributed by atoms with Gasteiger partial charge in [0.25, 0.3) is 0 Å². The molecule has 0 amide bonds. The Hall–Kier alpha value is -1.35. The summed E-state index contributed by atoms with van der Waals surface area (Å²) in [5, 5.41) is 10.2. The molecule has 1 unspecified atom stereocenters. The molecule has 1 atom stereocenters. The number of carbonyl (C=O) groups excluding carboxylic acids is 2. The van der Waals surface area contributed by atoms with Gasteiger partial charge in [-0.3, -0.25) is 4.79 Å². The molecule has 0 aromatic heterocycles. The Morgan fingerprint density at radius 3 is 1.67 bits per heavy atom. The van der Waals surface area contributed by atoms with Gasteiger partial charge in [-0.2, -0.15) is 30.7 Å². The maximum absolute atomic E-state index is 12.8. The van der Waals surface area contributed by atoms with Gasteiger partial charge in [0.05, 0.1) is 11.9 Å². The van der Waals surface area contributed by atoms with Crippen LogP contribution in [0.5, 0.6) is 0 Å². The number of alkyl halides is 7. The minimum atomic E-state index is -6.68. The van der Waals surface area contributed by atoms with Gasteiger partial charge in [0, 0.05) is 0 Å². The summed E-state index contributed by atoms with van der Waals surface area (Å²) >= 11 is 0. The van der Waals surface area contributed by atoms with Crippen molar-refractivity contribution in [2.75, 3.05) is 0 Å². The fourth-order valence-electron chi connectivity index (χ4n) is 1.01. The number of rotatable bonds is 5. The van der Waals surface area contributed by atoms with E-state index in [2.05, 4.69) is 0 Å². The lowest BCUT2D eigenvalue weighted by atomic mass is 9.93. The molecular formula is C8H6F7O3-. The molecular weight excluding hydrogens is 277 g/mol. The third-order valence-electron chi connectivity index (χ3n) is 2.07. The molecule has 0 bridgehead atoms. The molecule has 106 valence electrons. The van der Waals surface area contributed by atoms with Crippen molar-refractivity contribution in [2.45, 2.75) is 31.4 Å². The van der Waals surface area contributed by atoms with E-state index in [-0.39, 0.29) is 0 Å². The standard InChI is InChI=1S/C8H7F7O3/c1-2-3(5(17)18)4(16)6(9,10)7(11,12)8(13,14)15/h3H,2H2,1H3,(H,17,18)/p-1. The third-order valence-corrected chi connectivity index (χ3v) is 2.07. The van der Waals surface area contributed by atoms with E-state index in [1.807, 2.05) is 0 Å². The van der Waals surface area contributed by atoms with Crippen molar-refractivity contribution in [2.24, 2.45) is 5.92 Å². The predicted molar refractivity (Wildman–Crippen MR) is 39.7 cm³/mol. The first-order valence-corrected chi connectivity index (χ1v) is 4.38. The van der Waals surface area contributed by atoms with Crippen LogP contribution in [0.3, 0.4) is 0 Å². The zero-order valence-electron chi connectivity index (χ0n) is 8.65. The molecule has 0 radical (unpaired) electrons. The van der Waals surface area contributed by atoms with Crippen LogP contribution in [0.2, 0.25) is 0 Å². The van der Waals surface area contributed by atoms with Gasteiger partial charge >= 0.3 is 18.0 Å². The molecule has 0 fully saturated rings. The molecule has 0 spiro atoms. The van der Waals surface area contributed by atoms with Crippen LogP contribution >= 0.6 is 0 Å². The Balaban J connectivity index is 5.52. The highest BCUT2D eigenvalue weighted by atomic mass is 19.4. The van der Waals surface area contributed by atoms with Crippen molar-refractivity contribution in [1.82, 2.24) is 0 Å². The molecule has 0 aromatic rings. The molecule has 0 heterocycles. The second kappa shape index (κ2) is 4.73. The zero-order valence-corrected chi connectivity index (χ0v) is 8.65. The number of Topliss-reactive ketones (excluding diaryl/α,β-unsaturated/α-hetero) is 1. The van der Waals surface area contributed by atoms with Crippen LogP contribution < -0.4 is 5.11 Å². The average molecular weight is 283 g/mol. The highest BCUT2D eigenvalue weighted by Crippen LogP contribution is 2.47. The summed E-state index contributed by atoms with van der Waals surface area (Å²) in [6.45, 7) is 0.847. The van der Waals surface area contributed by atoms with Crippen molar-refractivity contribution in [3.63, 3.8) is 0 Å². The summed E-state index contributed by atoms with van der Waals surface area (Å²) in [5.41, 5.74) is 0. The van der Waals surface area contributed by atoms with E-state index in [9.17, 15) is 45.4 Å². The molecule has 0 aromatic carbocycles. The number of hydrogen-bond donors (Lipinski definition) is 0. The number of carboxylic acids is 1. The van der Waals surface area contributed by atoms with E-state index in [0.717, 1.165) is 6.92 Å². The van der Waals surface area contributed by atoms with E-state index in [1.165, 1.54) is 0 Å². The second-order valence-corrected chi connectivity index (χ2v) is 3.29. The van der Waals surface area contributed by atoms with Gasteiger partial charge in [-0.1, -0.05) is 6.92 Å². The minimum absolute atomic E-state index is 0.847. The zero-order chi connectivity index (χ0) is 14.9. The van der Waals surface area contributed by atoms with Crippen LogP contribution in [0.4, 0.5) is 30.7 Å². The number of carboxylic acid groups (broad SMARTS) is 1. The molecule has 0 N–H and O–H groups in total. The van der Waals surface area contributed by atoms with Crippen LogP contribution in [-0.2, 0) is 9.59 Å². The lowest BCUT2D eigenvalue weighted by molar-refractivity contribution is -0.346. The monoisotopic (exact) mass is 283 g/mol. The van der Waals surface area contributed by atoms with Gasteiger partial charge in [0.2, 0.25) is 5.78 Å².